The predicted octanol–water partition coefficient (Wildman–Crippen LogP) is 5.71. The van der Waals surface area contributed by atoms with E-state index in [2.05, 4.69) is 0 Å². The van der Waals surface area contributed by atoms with E-state index in [4.69, 9.17) is 16.3 Å². The van der Waals surface area contributed by atoms with Gasteiger partial charge in [-0.15, -0.1) is 0 Å². The maximum atomic E-state index is 13.3. The minimum absolute atomic E-state index is 0.107. The summed E-state index contributed by atoms with van der Waals surface area (Å²) in [6.45, 7) is 0. The average Bonchev–Trinajstić information content (AvgIpc) is 2.73. The van der Waals surface area contributed by atoms with Crippen LogP contribution in [-0.2, 0) is 21.8 Å². The van der Waals surface area contributed by atoms with Crippen molar-refractivity contribution < 1.29 is 36.2 Å². The van der Waals surface area contributed by atoms with Crippen molar-refractivity contribution in [2.45, 2.75) is 16.8 Å². The number of ether oxygens (including phenoxy) is 1. The minimum atomic E-state index is -4.68. The zero-order valence-corrected chi connectivity index (χ0v) is 18.1. The normalized spacial score (nSPS) is 11.9. The fraction of sp³-hybridized carbons (Fsp3) is 0.136. The molecule has 5 nitrogen and oxygen atoms in total. The Bertz CT molecular complexity index is 1270. The smallest absolute Gasteiger partial charge is 0.416 e. The number of carboxylic acids is 1. The number of carbonyl (C=O) groups is 1. The number of hydrogen-bond acceptors (Lipinski definition) is 4. The van der Waals surface area contributed by atoms with E-state index < -0.39 is 38.2 Å². The molecule has 0 spiro atoms. The monoisotopic (exact) mass is 484 g/mol. The molecule has 0 fully saturated rings. The van der Waals surface area contributed by atoms with Gasteiger partial charge in [-0.1, -0.05) is 29.8 Å². The second kappa shape index (κ2) is 8.84. The fourth-order valence-electron chi connectivity index (χ4n) is 3.14. The summed E-state index contributed by atoms with van der Waals surface area (Å²) < 4.78 is 71.4. The molecule has 0 radical (unpaired) electrons. The number of methoxy groups -OCH3 is 1. The molecule has 0 unspecified atom stereocenters. The Morgan fingerprint density at radius 2 is 1.69 bits per heavy atom. The Morgan fingerprint density at radius 3 is 2.25 bits per heavy atom. The summed E-state index contributed by atoms with van der Waals surface area (Å²) in [5.74, 6) is -2.28. The molecule has 3 aromatic carbocycles. The van der Waals surface area contributed by atoms with Gasteiger partial charge in [0, 0.05) is 5.02 Å². The van der Waals surface area contributed by atoms with Gasteiger partial charge >= 0.3 is 12.1 Å². The highest BCUT2D eigenvalue weighted by atomic mass is 35.5. The van der Waals surface area contributed by atoms with Crippen molar-refractivity contribution in [2.24, 2.45) is 0 Å². The highest BCUT2D eigenvalue weighted by molar-refractivity contribution is 7.90. The summed E-state index contributed by atoms with van der Waals surface area (Å²) in [5.41, 5.74) is -0.672. The van der Waals surface area contributed by atoms with Gasteiger partial charge in [0.25, 0.3) is 0 Å². The van der Waals surface area contributed by atoms with Gasteiger partial charge in [-0.25, -0.2) is 13.2 Å². The summed E-state index contributed by atoms with van der Waals surface area (Å²) in [4.78, 5) is 10.9. The molecule has 0 aliphatic heterocycles. The van der Waals surface area contributed by atoms with Gasteiger partial charge in [0.1, 0.15) is 10.6 Å². The van der Waals surface area contributed by atoms with Crippen LogP contribution in [0.25, 0.3) is 11.1 Å². The molecule has 0 saturated heterocycles. The molecule has 0 aliphatic rings. The van der Waals surface area contributed by atoms with Crippen LogP contribution in [0.2, 0.25) is 5.02 Å². The number of sulfone groups is 1. The third-order valence-electron chi connectivity index (χ3n) is 4.68. The number of aromatic carboxylic acids is 1. The summed E-state index contributed by atoms with van der Waals surface area (Å²) >= 11 is 5.88. The van der Waals surface area contributed by atoms with Crippen LogP contribution in [0.1, 0.15) is 21.5 Å². The Labute approximate surface area is 186 Å². The lowest BCUT2D eigenvalue weighted by atomic mass is 9.98. The standard InChI is InChI=1S/C22H16ClF3O5S/c1-31-19-9-4-14(21(27)28)11-20(19)32(29,30)12-15-10-16(22(24,25)26)5-8-18(15)13-2-6-17(23)7-3-13/h2-11H,12H2,1H3,(H,27,28). The highest BCUT2D eigenvalue weighted by Gasteiger charge is 2.32. The predicted molar refractivity (Wildman–Crippen MR) is 113 cm³/mol. The van der Waals surface area contributed by atoms with Crippen molar-refractivity contribution in [2.75, 3.05) is 7.11 Å². The third-order valence-corrected chi connectivity index (χ3v) is 6.61. The molecule has 1 N–H and O–H groups in total. The van der Waals surface area contributed by atoms with Crippen LogP contribution in [0.5, 0.6) is 5.75 Å². The topological polar surface area (TPSA) is 80.7 Å². The van der Waals surface area contributed by atoms with Crippen molar-refractivity contribution in [1.29, 1.82) is 0 Å². The van der Waals surface area contributed by atoms with E-state index in [9.17, 15) is 31.5 Å². The van der Waals surface area contributed by atoms with E-state index in [1.54, 1.807) is 12.1 Å². The first-order chi connectivity index (χ1) is 14.9. The molecule has 0 atom stereocenters. The molecule has 0 aliphatic carbocycles. The summed E-state index contributed by atoms with van der Waals surface area (Å²) in [7, 11) is -3.09. The molecule has 0 amide bonds. The van der Waals surface area contributed by atoms with Gasteiger partial charge in [-0.2, -0.15) is 13.2 Å². The van der Waals surface area contributed by atoms with Crippen molar-refractivity contribution >= 4 is 27.4 Å². The Hall–Kier alpha value is -3.04. The second-order valence-corrected chi connectivity index (χ2v) is 9.20. The van der Waals surface area contributed by atoms with E-state index >= 15 is 0 Å². The number of hydrogen-bond donors (Lipinski definition) is 1. The number of carboxylic acid groups (broad SMARTS) is 1. The Kier molecular flexibility index (Phi) is 6.52. The van der Waals surface area contributed by atoms with Crippen molar-refractivity contribution in [3.05, 3.63) is 82.4 Å². The molecule has 3 aromatic rings. The van der Waals surface area contributed by atoms with E-state index in [1.807, 2.05) is 0 Å². The average molecular weight is 485 g/mol. The summed E-state index contributed by atoms with van der Waals surface area (Å²) in [5, 5.41) is 9.61. The van der Waals surface area contributed by atoms with E-state index in [-0.39, 0.29) is 22.4 Å². The number of alkyl halides is 3. The SMILES string of the molecule is COc1ccc(C(=O)O)cc1S(=O)(=O)Cc1cc(C(F)(F)F)ccc1-c1ccc(Cl)cc1. The van der Waals surface area contributed by atoms with Crippen LogP contribution in [0, 0.1) is 0 Å². The zero-order chi connectivity index (χ0) is 23.7. The lowest BCUT2D eigenvalue weighted by Crippen LogP contribution is -2.11. The molecule has 3 rings (SSSR count). The van der Waals surface area contributed by atoms with Gasteiger partial charge in [-0.3, -0.25) is 0 Å². The van der Waals surface area contributed by atoms with Crippen LogP contribution in [0.15, 0.2) is 65.6 Å². The molecule has 0 aromatic heterocycles. The van der Waals surface area contributed by atoms with E-state index in [1.165, 1.54) is 37.4 Å². The first kappa shape index (κ1) is 23.6. The van der Waals surface area contributed by atoms with Crippen LogP contribution >= 0.6 is 11.6 Å². The van der Waals surface area contributed by atoms with Gasteiger partial charge in [0.2, 0.25) is 0 Å². The molecule has 0 bridgehead atoms. The Morgan fingerprint density at radius 1 is 1.03 bits per heavy atom. The highest BCUT2D eigenvalue weighted by Crippen LogP contribution is 2.36. The zero-order valence-electron chi connectivity index (χ0n) is 16.5. The van der Waals surface area contributed by atoms with Crippen molar-refractivity contribution in [1.82, 2.24) is 0 Å². The lowest BCUT2D eigenvalue weighted by Gasteiger charge is -2.16. The third kappa shape index (κ3) is 5.05. The molecule has 32 heavy (non-hydrogen) atoms. The van der Waals surface area contributed by atoms with E-state index in [0.717, 1.165) is 18.2 Å². The number of rotatable bonds is 6. The van der Waals surface area contributed by atoms with Gasteiger partial charge in [-0.05, 0) is 59.2 Å². The van der Waals surface area contributed by atoms with E-state index in [0.29, 0.717) is 10.6 Å². The molecule has 168 valence electrons. The number of benzene rings is 3. The van der Waals surface area contributed by atoms with Gasteiger partial charge in [0.05, 0.1) is 24.0 Å². The van der Waals surface area contributed by atoms with Crippen LogP contribution in [0.3, 0.4) is 0 Å². The van der Waals surface area contributed by atoms with Gasteiger partial charge < -0.3 is 9.84 Å². The lowest BCUT2D eigenvalue weighted by molar-refractivity contribution is -0.137. The fourth-order valence-corrected chi connectivity index (χ4v) is 4.83. The summed E-state index contributed by atoms with van der Waals surface area (Å²) in [6.07, 6.45) is -4.68. The largest absolute Gasteiger partial charge is 0.495 e. The van der Waals surface area contributed by atoms with Crippen LogP contribution < -0.4 is 4.74 Å². The van der Waals surface area contributed by atoms with Crippen LogP contribution in [-0.4, -0.2) is 26.6 Å². The summed E-state index contributed by atoms with van der Waals surface area (Å²) in [6, 6.07) is 12.3. The second-order valence-electron chi connectivity index (χ2n) is 6.81. The van der Waals surface area contributed by atoms with Crippen molar-refractivity contribution in [3.8, 4) is 16.9 Å². The molecular formula is C22H16ClF3O5S. The first-order valence-electron chi connectivity index (χ1n) is 9.02. The molecule has 0 saturated carbocycles. The Balaban J connectivity index is 2.17. The first-order valence-corrected chi connectivity index (χ1v) is 11.1. The molecular weight excluding hydrogens is 469 g/mol. The van der Waals surface area contributed by atoms with Gasteiger partial charge in [0.15, 0.2) is 9.84 Å². The quantitative estimate of drug-likeness (QED) is 0.485. The maximum absolute atomic E-state index is 13.3. The maximum Gasteiger partial charge on any atom is 0.416 e. The molecule has 10 heteroatoms. The van der Waals surface area contributed by atoms with Crippen LogP contribution in [0.4, 0.5) is 13.2 Å². The minimum Gasteiger partial charge on any atom is -0.495 e. The molecule has 0 heterocycles. The number of halogens is 4. The van der Waals surface area contributed by atoms with Crippen molar-refractivity contribution in [3.63, 3.8) is 0 Å².